The van der Waals surface area contributed by atoms with Crippen LogP contribution >= 0.6 is 0 Å². The highest BCUT2D eigenvalue weighted by atomic mass is 16.3. The van der Waals surface area contributed by atoms with Crippen LogP contribution in [0, 0.1) is 35.5 Å². The summed E-state index contributed by atoms with van der Waals surface area (Å²) in [5, 5.41) is 30.6. The fraction of sp³-hybridized carbons (Fsp3) is 0.170. The molecule has 0 unspecified atom stereocenters. The molecule has 2 aliphatic heterocycles. The van der Waals surface area contributed by atoms with Gasteiger partial charge in [-0.2, -0.15) is 0 Å². The summed E-state index contributed by atoms with van der Waals surface area (Å²) >= 11 is 0. The van der Waals surface area contributed by atoms with E-state index in [1.54, 1.807) is 54.6 Å². The number of aromatic nitrogens is 4. The van der Waals surface area contributed by atoms with Crippen LogP contribution in [0.1, 0.15) is 114 Å². The van der Waals surface area contributed by atoms with Gasteiger partial charge < -0.3 is 25.3 Å². The molecule has 7 heteroatoms. The smallest absolute Gasteiger partial charge is 0.116 e. The van der Waals surface area contributed by atoms with Gasteiger partial charge in [0.15, 0.2) is 0 Å². The number of benzene rings is 3. The zero-order chi connectivity index (χ0) is 41.3. The van der Waals surface area contributed by atoms with Crippen LogP contribution in [0.2, 0.25) is 0 Å². The summed E-state index contributed by atoms with van der Waals surface area (Å²) in [5.41, 5.74) is 11.2. The second-order valence-electron chi connectivity index (χ2n) is 14.9. The lowest BCUT2D eigenvalue weighted by Gasteiger charge is -2.04. The minimum Gasteiger partial charge on any atom is -0.508 e. The molecule has 0 atom stereocenters. The maximum Gasteiger partial charge on any atom is 0.116 e. The fourth-order valence-electron chi connectivity index (χ4n) is 7.34. The molecule has 294 valence electrons. The van der Waals surface area contributed by atoms with E-state index in [-0.39, 0.29) is 17.2 Å². The Labute approximate surface area is 350 Å². The number of rotatable bonds is 8. The topological polar surface area (TPSA) is 118 Å². The SMILES string of the molecule is CCCCCCCCCc1c2ccc([nH]2)c(C#Cc2cccc(O)c2)c2nc(c(C#Cc3cccc(O)c3)c3nc(c(C#Cc4cccc(O)c4)c4ccc1[nH]4)C=C3)C=C2. The molecular formula is C53H44N4O3. The van der Waals surface area contributed by atoms with Crippen LogP contribution in [-0.2, 0) is 6.42 Å². The Bertz CT molecular complexity index is 2860. The maximum absolute atomic E-state index is 10.2. The number of H-pyrrole nitrogens is 2. The molecule has 0 saturated heterocycles. The predicted octanol–water partition coefficient (Wildman–Crippen LogP) is 11.3. The van der Waals surface area contributed by atoms with Crippen LogP contribution in [0.25, 0.3) is 46.4 Å². The van der Waals surface area contributed by atoms with E-state index in [1.807, 2.05) is 42.5 Å². The van der Waals surface area contributed by atoms with E-state index in [0.717, 1.165) is 46.9 Å². The molecule has 3 aromatic heterocycles. The molecule has 6 aromatic rings. The van der Waals surface area contributed by atoms with Crippen LogP contribution in [0.15, 0.2) is 97.1 Å². The average molecular weight is 785 g/mol. The van der Waals surface area contributed by atoms with Gasteiger partial charge in [0.25, 0.3) is 0 Å². The molecule has 0 spiro atoms. The van der Waals surface area contributed by atoms with Crippen molar-refractivity contribution in [2.24, 2.45) is 0 Å². The number of aromatic hydroxyl groups is 3. The van der Waals surface area contributed by atoms with Crippen molar-refractivity contribution in [2.45, 2.75) is 58.3 Å². The molecule has 0 amide bonds. The zero-order valence-corrected chi connectivity index (χ0v) is 33.4. The molecule has 8 bridgehead atoms. The van der Waals surface area contributed by atoms with Crippen molar-refractivity contribution in [1.82, 2.24) is 19.9 Å². The van der Waals surface area contributed by atoms with Gasteiger partial charge in [0.1, 0.15) is 17.2 Å². The second kappa shape index (κ2) is 18.3. The summed E-state index contributed by atoms with van der Waals surface area (Å²) < 4.78 is 0. The van der Waals surface area contributed by atoms with Crippen molar-refractivity contribution in [3.05, 3.63) is 159 Å². The van der Waals surface area contributed by atoms with Crippen LogP contribution in [0.4, 0.5) is 0 Å². The first kappa shape index (κ1) is 39.2. The van der Waals surface area contributed by atoms with Crippen molar-refractivity contribution >= 4 is 46.4 Å². The summed E-state index contributed by atoms with van der Waals surface area (Å²) in [5.74, 6) is 20.2. The maximum atomic E-state index is 10.2. The number of hydrogen-bond donors (Lipinski definition) is 5. The summed E-state index contributed by atoms with van der Waals surface area (Å²) in [6.45, 7) is 2.25. The Hall–Kier alpha value is -7.66. The van der Waals surface area contributed by atoms with Gasteiger partial charge in [-0.15, -0.1) is 0 Å². The molecule has 0 saturated carbocycles. The Kier molecular flexibility index (Phi) is 11.9. The van der Waals surface area contributed by atoms with Crippen LogP contribution in [0.3, 0.4) is 0 Å². The number of aryl methyl sites for hydroxylation is 1. The van der Waals surface area contributed by atoms with Gasteiger partial charge in [0, 0.05) is 27.7 Å². The van der Waals surface area contributed by atoms with Crippen LogP contribution < -0.4 is 0 Å². The number of phenols is 3. The monoisotopic (exact) mass is 784 g/mol. The van der Waals surface area contributed by atoms with E-state index >= 15 is 0 Å². The van der Waals surface area contributed by atoms with Crippen molar-refractivity contribution in [2.75, 3.05) is 0 Å². The van der Waals surface area contributed by atoms with E-state index < -0.39 is 0 Å². The second-order valence-corrected chi connectivity index (χ2v) is 14.9. The molecule has 0 fully saturated rings. The van der Waals surface area contributed by atoms with E-state index in [1.165, 1.54) is 32.1 Å². The van der Waals surface area contributed by atoms with E-state index in [2.05, 4.69) is 76.7 Å². The lowest BCUT2D eigenvalue weighted by Crippen LogP contribution is -1.92. The van der Waals surface area contributed by atoms with Gasteiger partial charge in [-0.3, -0.25) is 0 Å². The number of fused-ring (bicyclic) bond motifs is 8. The van der Waals surface area contributed by atoms with Gasteiger partial charge in [-0.05, 0) is 122 Å². The molecule has 5 N–H and O–H groups in total. The molecule has 2 aliphatic rings. The van der Waals surface area contributed by atoms with Crippen molar-refractivity contribution in [3.63, 3.8) is 0 Å². The lowest BCUT2D eigenvalue weighted by molar-refractivity contribution is 0.474. The summed E-state index contributed by atoms with van der Waals surface area (Å²) in [6.07, 6.45) is 17.0. The normalized spacial score (nSPS) is 11.3. The third kappa shape index (κ3) is 9.37. The van der Waals surface area contributed by atoms with Gasteiger partial charge >= 0.3 is 0 Å². The summed E-state index contributed by atoms with van der Waals surface area (Å²) in [6, 6.07) is 29.0. The third-order valence-corrected chi connectivity index (χ3v) is 10.4. The van der Waals surface area contributed by atoms with Gasteiger partial charge in [0.05, 0.1) is 50.5 Å². The molecule has 7 nitrogen and oxygen atoms in total. The average Bonchev–Trinajstić information content (AvgIpc) is 4.09. The quantitative estimate of drug-likeness (QED) is 0.0777. The first-order valence-corrected chi connectivity index (χ1v) is 20.5. The van der Waals surface area contributed by atoms with E-state index in [0.29, 0.717) is 56.2 Å². The number of nitrogens with one attached hydrogen (secondary N) is 2. The third-order valence-electron chi connectivity index (χ3n) is 10.4. The minimum atomic E-state index is 0.125. The Morgan fingerprint density at radius 3 is 1.25 bits per heavy atom. The Balaban J connectivity index is 1.39. The van der Waals surface area contributed by atoms with Gasteiger partial charge in [-0.1, -0.05) is 99.2 Å². The molecular weight excluding hydrogens is 741 g/mol. The first-order chi connectivity index (χ1) is 29.4. The fourth-order valence-corrected chi connectivity index (χ4v) is 7.34. The molecule has 0 aliphatic carbocycles. The highest BCUT2D eigenvalue weighted by Gasteiger charge is 2.16. The van der Waals surface area contributed by atoms with Gasteiger partial charge in [-0.25, -0.2) is 9.97 Å². The number of hydrogen-bond acceptors (Lipinski definition) is 5. The first-order valence-electron chi connectivity index (χ1n) is 20.5. The highest BCUT2D eigenvalue weighted by Crippen LogP contribution is 2.28. The van der Waals surface area contributed by atoms with Crippen LogP contribution in [-0.4, -0.2) is 35.3 Å². The standard InChI is InChI=1S/C53H44N4O3/c1-2-3-4-5-6-7-8-18-42-46-25-27-48(54-46)43(22-19-36-12-9-15-39(58)33-36)50-29-31-52(56-50)45(24-21-38-14-11-17-41(60)35-38)53-32-30-51(57-53)44(49-28-26-47(42)55-49)23-20-37-13-10-16-40(59)34-37/h9-17,25-35,54-55,58-60H,2-8,18H2,1H3. The van der Waals surface area contributed by atoms with Gasteiger partial charge in [0.2, 0.25) is 0 Å². The van der Waals surface area contributed by atoms with Crippen molar-refractivity contribution in [3.8, 4) is 52.8 Å². The number of unbranched alkanes of at least 4 members (excludes halogenated alkanes) is 6. The number of nitrogens with zero attached hydrogens (tertiary/aromatic N) is 2. The minimum absolute atomic E-state index is 0.125. The van der Waals surface area contributed by atoms with E-state index in [9.17, 15) is 15.3 Å². The summed E-state index contributed by atoms with van der Waals surface area (Å²) in [7, 11) is 0. The number of phenolic OH excluding ortho intramolecular Hbond substituents is 3. The molecule has 5 heterocycles. The molecule has 3 aromatic carbocycles. The molecule has 60 heavy (non-hydrogen) atoms. The molecule has 0 radical (unpaired) electrons. The Morgan fingerprint density at radius 1 is 0.433 bits per heavy atom. The molecule has 8 rings (SSSR count). The number of aromatic amines is 2. The highest BCUT2D eigenvalue weighted by molar-refractivity contribution is 5.87. The largest absolute Gasteiger partial charge is 0.508 e. The van der Waals surface area contributed by atoms with Crippen molar-refractivity contribution < 1.29 is 15.3 Å². The van der Waals surface area contributed by atoms with E-state index in [4.69, 9.17) is 9.97 Å². The van der Waals surface area contributed by atoms with Crippen molar-refractivity contribution in [1.29, 1.82) is 0 Å². The van der Waals surface area contributed by atoms with Crippen LogP contribution in [0.5, 0.6) is 17.2 Å². The summed E-state index contributed by atoms with van der Waals surface area (Å²) in [4.78, 5) is 17.7. The lowest BCUT2D eigenvalue weighted by atomic mass is 10.0. The predicted molar refractivity (Wildman–Crippen MR) is 243 cm³/mol. The zero-order valence-electron chi connectivity index (χ0n) is 33.4. The Morgan fingerprint density at radius 2 is 0.817 bits per heavy atom.